The van der Waals surface area contributed by atoms with E-state index in [4.69, 9.17) is 16.0 Å². The van der Waals surface area contributed by atoms with Crippen LogP contribution < -0.4 is 0 Å². The number of likely N-dealkylation sites (tertiary alicyclic amines) is 1. The molecule has 1 aromatic heterocycles. The summed E-state index contributed by atoms with van der Waals surface area (Å²) in [6.07, 6.45) is 2.95. The minimum Gasteiger partial charge on any atom is -0.469 e. The van der Waals surface area contributed by atoms with E-state index in [9.17, 15) is 9.59 Å². The largest absolute Gasteiger partial charge is 0.469 e. The molecule has 1 atom stereocenters. The predicted octanol–water partition coefficient (Wildman–Crippen LogP) is 2.49. The van der Waals surface area contributed by atoms with Gasteiger partial charge in [-0.25, -0.2) is 0 Å². The summed E-state index contributed by atoms with van der Waals surface area (Å²) in [6, 6.07) is 2.96. The van der Waals surface area contributed by atoms with Crippen LogP contribution in [0, 0.1) is 0 Å². The molecule has 1 aromatic rings. The van der Waals surface area contributed by atoms with Gasteiger partial charge in [-0.05, 0) is 43.0 Å². The van der Waals surface area contributed by atoms with Crippen molar-refractivity contribution in [2.24, 2.45) is 0 Å². The SMILES string of the molecule is COC(=O)CC1CCCCN1C(=O)c1ccc(Cl)o1. The fourth-order valence-electron chi connectivity index (χ4n) is 2.33. The highest BCUT2D eigenvalue weighted by atomic mass is 35.5. The van der Waals surface area contributed by atoms with Crippen LogP contribution in [0.5, 0.6) is 0 Å². The third-order valence-electron chi connectivity index (χ3n) is 3.30. The average Bonchev–Trinajstić information content (AvgIpc) is 2.85. The minimum absolute atomic E-state index is 0.127. The van der Waals surface area contributed by atoms with Crippen LogP contribution >= 0.6 is 11.6 Å². The number of esters is 1. The molecule has 2 rings (SSSR count). The molecule has 0 aromatic carbocycles. The predicted molar refractivity (Wildman–Crippen MR) is 69.0 cm³/mol. The highest BCUT2D eigenvalue weighted by Crippen LogP contribution is 2.24. The lowest BCUT2D eigenvalue weighted by atomic mass is 9.99. The topological polar surface area (TPSA) is 59.8 Å². The molecule has 0 radical (unpaired) electrons. The Bertz CT molecular complexity index is 471. The Balaban J connectivity index is 2.10. The lowest BCUT2D eigenvalue weighted by Crippen LogP contribution is -2.44. The Morgan fingerprint density at radius 2 is 2.26 bits per heavy atom. The number of rotatable bonds is 3. The number of amides is 1. The summed E-state index contributed by atoms with van der Waals surface area (Å²) in [5, 5.41) is 0.185. The fourth-order valence-corrected chi connectivity index (χ4v) is 2.47. The van der Waals surface area contributed by atoms with E-state index >= 15 is 0 Å². The zero-order chi connectivity index (χ0) is 13.8. The summed E-state index contributed by atoms with van der Waals surface area (Å²) in [6.45, 7) is 0.624. The number of furan rings is 1. The number of methoxy groups -OCH3 is 1. The van der Waals surface area contributed by atoms with E-state index in [1.54, 1.807) is 11.0 Å². The fraction of sp³-hybridized carbons (Fsp3) is 0.538. The molecule has 5 nitrogen and oxygen atoms in total. The van der Waals surface area contributed by atoms with Crippen molar-refractivity contribution < 1.29 is 18.7 Å². The Labute approximate surface area is 116 Å². The molecule has 1 unspecified atom stereocenters. The van der Waals surface area contributed by atoms with Crippen molar-refractivity contribution in [3.63, 3.8) is 0 Å². The number of hydrogen-bond acceptors (Lipinski definition) is 4. The molecule has 0 aliphatic carbocycles. The molecule has 1 fully saturated rings. The van der Waals surface area contributed by atoms with Crippen molar-refractivity contribution in [3.8, 4) is 0 Å². The minimum atomic E-state index is -0.304. The summed E-state index contributed by atoms with van der Waals surface area (Å²) < 4.78 is 9.81. The summed E-state index contributed by atoms with van der Waals surface area (Å²) in [5.74, 6) is -0.315. The zero-order valence-corrected chi connectivity index (χ0v) is 11.5. The number of ether oxygens (including phenoxy) is 1. The maximum Gasteiger partial charge on any atom is 0.307 e. The lowest BCUT2D eigenvalue weighted by Gasteiger charge is -2.34. The molecule has 1 saturated heterocycles. The van der Waals surface area contributed by atoms with Gasteiger partial charge < -0.3 is 14.1 Å². The molecular weight excluding hydrogens is 270 g/mol. The summed E-state index contributed by atoms with van der Waals surface area (Å²) in [5.41, 5.74) is 0. The van der Waals surface area contributed by atoms with E-state index < -0.39 is 0 Å². The van der Waals surface area contributed by atoms with Gasteiger partial charge in [0.15, 0.2) is 11.0 Å². The van der Waals surface area contributed by atoms with Crippen molar-refractivity contribution in [1.82, 2.24) is 4.90 Å². The van der Waals surface area contributed by atoms with Gasteiger partial charge in [-0.15, -0.1) is 0 Å². The van der Waals surface area contributed by atoms with Crippen LogP contribution in [0.1, 0.15) is 36.2 Å². The summed E-state index contributed by atoms with van der Waals surface area (Å²) in [4.78, 5) is 25.4. The smallest absolute Gasteiger partial charge is 0.307 e. The van der Waals surface area contributed by atoms with Gasteiger partial charge in [-0.2, -0.15) is 0 Å². The maximum absolute atomic E-state index is 12.3. The standard InChI is InChI=1S/C13H16ClNO4/c1-18-12(16)8-9-4-2-3-7-15(9)13(17)10-5-6-11(14)19-10/h5-6,9H,2-4,7-8H2,1H3. The van der Waals surface area contributed by atoms with Crippen LogP contribution in [-0.4, -0.2) is 36.5 Å². The first-order chi connectivity index (χ1) is 9.11. The molecule has 6 heteroatoms. The Morgan fingerprint density at radius 1 is 1.47 bits per heavy atom. The number of nitrogens with zero attached hydrogens (tertiary/aromatic N) is 1. The van der Waals surface area contributed by atoms with E-state index in [2.05, 4.69) is 4.74 Å². The van der Waals surface area contributed by atoms with E-state index in [-0.39, 0.29) is 35.3 Å². The molecule has 1 aliphatic heterocycles. The van der Waals surface area contributed by atoms with Crippen LogP contribution in [0.15, 0.2) is 16.5 Å². The first kappa shape index (κ1) is 13.9. The Hall–Kier alpha value is -1.49. The third kappa shape index (κ3) is 3.29. The van der Waals surface area contributed by atoms with Gasteiger partial charge >= 0.3 is 5.97 Å². The zero-order valence-electron chi connectivity index (χ0n) is 10.7. The first-order valence-corrected chi connectivity index (χ1v) is 6.62. The molecule has 19 heavy (non-hydrogen) atoms. The van der Waals surface area contributed by atoms with Gasteiger partial charge in [-0.1, -0.05) is 0 Å². The van der Waals surface area contributed by atoms with E-state index in [1.165, 1.54) is 13.2 Å². The van der Waals surface area contributed by atoms with Gasteiger partial charge in [0, 0.05) is 12.6 Å². The highest BCUT2D eigenvalue weighted by molar-refractivity contribution is 6.29. The van der Waals surface area contributed by atoms with E-state index in [0.717, 1.165) is 19.3 Å². The monoisotopic (exact) mass is 285 g/mol. The molecule has 2 heterocycles. The number of halogens is 1. The van der Waals surface area contributed by atoms with Gasteiger partial charge in [-0.3, -0.25) is 9.59 Å². The lowest BCUT2D eigenvalue weighted by molar-refractivity contribution is -0.142. The van der Waals surface area contributed by atoms with E-state index in [0.29, 0.717) is 6.54 Å². The van der Waals surface area contributed by atoms with Crippen molar-refractivity contribution >= 4 is 23.5 Å². The normalized spacial score (nSPS) is 19.3. The number of carbonyl (C=O) groups excluding carboxylic acids is 2. The van der Waals surface area contributed by atoms with Crippen molar-refractivity contribution in [3.05, 3.63) is 23.1 Å². The van der Waals surface area contributed by atoms with Gasteiger partial charge in [0.2, 0.25) is 0 Å². The molecular formula is C13H16ClNO4. The van der Waals surface area contributed by atoms with Gasteiger partial charge in [0.25, 0.3) is 5.91 Å². The highest BCUT2D eigenvalue weighted by Gasteiger charge is 2.30. The summed E-state index contributed by atoms with van der Waals surface area (Å²) in [7, 11) is 1.35. The van der Waals surface area contributed by atoms with Crippen LogP contribution in [0.4, 0.5) is 0 Å². The Kier molecular flexibility index (Phi) is 4.47. The molecule has 1 aliphatic rings. The molecule has 0 saturated carbocycles. The number of piperidine rings is 1. The van der Waals surface area contributed by atoms with Crippen molar-refractivity contribution in [2.45, 2.75) is 31.7 Å². The second-order valence-electron chi connectivity index (χ2n) is 4.53. The first-order valence-electron chi connectivity index (χ1n) is 6.25. The third-order valence-corrected chi connectivity index (χ3v) is 3.51. The van der Waals surface area contributed by atoms with Crippen molar-refractivity contribution in [1.29, 1.82) is 0 Å². The van der Waals surface area contributed by atoms with Crippen LogP contribution in [0.2, 0.25) is 5.22 Å². The molecule has 1 amide bonds. The van der Waals surface area contributed by atoms with Crippen LogP contribution in [0.3, 0.4) is 0 Å². The number of carbonyl (C=O) groups is 2. The van der Waals surface area contributed by atoms with Crippen LogP contribution in [0.25, 0.3) is 0 Å². The van der Waals surface area contributed by atoms with E-state index in [1.807, 2.05) is 0 Å². The average molecular weight is 286 g/mol. The summed E-state index contributed by atoms with van der Waals surface area (Å²) >= 11 is 5.68. The van der Waals surface area contributed by atoms with Gasteiger partial charge in [0.1, 0.15) is 0 Å². The molecule has 0 N–H and O–H groups in total. The molecule has 0 spiro atoms. The molecule has 0 bridgehead atoms. The second kappa shape index (κ2) is 6.10. The maximum atomic E-state index is 12.3. The van der Waals surface area contributed by atoms with Gasteiger partial charge in [0.05, 0.1) is 13.5 Å². The van der Waals surface area contributed by atoms with Crippen molar-refractivity contribution in [2.75, 3.05) is 13.7 Å². The van der Waals surface area contributed by atoms with Crippen LogP contribution in [-0.2, 0) is 9.53 Å². The quantitative estimate of drug-likeness (QED) is 0.801. The second-order valence-corrected chi connectivity index (χ2v) is 4.90. The number of hydrogen-bond donors (Lipinski definition) is 0. The Morgan fingerprint density at radius 3 is 2.89 bits per heavy atom. The molecule has 104 valence electrons.